The number of aromatic hydroxyl groups is 1. The molecule has 0 saturated carbocycles. The summed E-state index contributed by atoms with van der Waals surface area (Å²) in [6, 6.07) is 4.34. The van der Waals surface area contributed by atoms with Crippen LogP contribution in [0.3, 0.4) is 0 Å². The van der Waals surface area contributed by atoms with Gasteiger partial charge >= 0.3 is 5.97 Å². The number of phenols is 1. The van der Waals surface area contributed by atoms with Crippen LogP contribution in [0.2, 0.25) is 0 Å². The minimum atomic E-state index is -0.532. The highest BCUT2D eigenvalue weighted by Gasteiger charge is 2.34. The number of aromatic nitrogens is 3. The largest absolute Gasteiger partial charge is 0.504 e. The smallest absolute Gasteiger partial charge is 0.338 e. The molecule has 0 spiro atoms. The quantitative estimate of drug-likeness (QED) is 0.827. The number of nitrogens with one attached hydrogen (secondary N) is 1. The fraction of sp³-hybridized carbons (Fsp3) is 0.267. The number of carbonyl (C=O) groups excluding carboxylic acids is 1. The molecule has 1 aromatic heterocycles. The van der Waals surface area contributed by atoms with Gasteiger partial charge in [-0.3, -0.25) is 0 Å². The maximum absolute atomic E-state index is 12.3. The van der Waals surface area contributed by atoms with Gasteiger partial charge in [0.2, 0.25) is 5.95 Å². The van der Waals surface area contributed by atoms with Gasteiger partial charge in [0.25, 0.3) is 0 Å². The van der Waals surface area contributed by atoms with E-state index in [-0.39, 0.29) is 5.75 Å². The zero-order chi connectivity index (χ0) is 16.6. The lowest BCUT2D eigenvalue weighted by Crippen LogP contribution is -2.29. The van der Waals surface area contributed by atoms with Gasteiger partial charge in [-0.15, -0.1) is 0 Å². The van der Waals surface area contributed by atoms with Crippen molar-refractivity contribution in [2.24, 2.45) is 0 Å². The third kappa shape index (κ3) is 2.37. The second-order valence-electron chi connectivity index (χ2n) is 5.02. The zero-order valence-corrected chi connectivity index (χ0v) is 12.9. The van der Waals surface area contributed by atoms with Crippen molar-refractivity contribution in [2.75, 3.05) is 19.5 Å². The molecule has 8 nitrogen and oxygen atoms in total. The zero-order valence-electron chi connectivity index (χ0n) is 12.9. The first-order valence-corrected chi connectivity index (χ1v) is 6.89. The molecule has 120 valence electrons. The summed E-state index contributed by atoms with van der Waals surface area (Å²) < 4.78 is 11.6. The molecule has 1 aliphatic heterocycles. The molecule has 2 heterocycles. The normalized spacial score (nSPS) is 16.6. The van der Waals surface area contributed by atoms with Gasteiger partial charge in [0, 0.05) is 5.70 Å². The van der Waals surface area contributed by atoms with Gasteiger partial charge in [0.15, 0.2) is 11.5 Å². The van der Waals surface area contributed by atoms with Crippen LogP contribution >= 0.6 is 0 Å². The maximum Gasteiger partial charge on any atom is 0.338 e. The Hall–Kier alpha value is -3.03. The second kappa shape index (κ2) is 5.64. The lowest BCUT2D eigenvalue weighted by atomic mass is 9.95. The van der Waals surface area contributed by atoms with E-state index >= 15 is 0 Å². The molecule has 0 aliphatic carbocycles. The SMILES string of the molecule is COC(=O)C1=C(C)Nc2ncnn2C1c1ccc(O)c(OC)c1. The Bertz CT molecular complexity index is 797. The Labute approximate surface area is 132 Å². The summed E-state index contributed by atoms with van der Waals surface area (Å²) in [5.41, 5.74) is 1.76. The first-order chi connectivity index (χ1) is 11.1. The Morgan fingerprint density at radius 3 is 2.87 bits per heavy atom. The average molecular weight is 316 g/mol. The van der Waals surface area contributed by atoms with Crippen LogP contribution in [-0.2, 0) is 9.53 Å². The molecule has 0 fully saturated rings. The van der Waals surface area contributed by atoms with Gasteiger partial charge in [-0.25, -0.2) is 9.48 Å². The Morgan fingerprint density at radius 2 is 2.17 bits per heavy atom. The summed E-state index contributed by atoms with van der Waals surface area (Å²) in [7, 11) is 2.79. The predicted octanol–water partition coefficient (Wildman–Crippen LogP) is 1.45. The van der Waals surface area contributed by atoms with E-state index in [0.717, 1.165) is 0 Å². The lowest BCUT2D eigenvalue weighted by molar-refractivity contribution is -0.136. The van der Waals surface area contributed by atoms with Crippen molar-refractivity contribution in [1.82, 2.24) is 14.8 Å². The van der Waals surface area contributed by atoms with Crippen LogP contribution in [0.15, 0.2) is 35.8 Å². The van der Waals surface area contributed by atoms with Crippen LogP contribution in [0.4, 0.5) is 5.95 Å². The summed E-state index contributed by atoms with van der Waals surface area (Å²) in [6.07, 6.45) is 1.40. The first kappa shape index (κ1) is 14.9. The fourth-order valence-electron chi connectivity index (χ4n) is 2.64. The van der Waals surface area contributed by atoms with E-state index < -0.39 is 12.0 Å². The molecule has 1 aromatic carbocycles. The number of hydrogen-bond donors (Lipinski definition) is 2. The first-order valence-electron chi connectivity index (χ1n) is 6.89. The monoisotopic (exact) mass is 316 g/mol. The number of phenolic OH excluding ortho intramolecular Hbond substituents is 1. The number of carbonyl (C=O) groups is 1. The van der Waals surface area contributed by atoms with E-state index in [4.69, 9.17) is 9.47 Å². The number of allylic oxidation sites excluding steroid dienone is 1. The van der Waals surface area contributed by atoms with E-state index in [1.807, 2.05) is 0 Å². The molecule has 23 heavy (non-hydrogen) atoms. The molecule has 1 aliphatic rings. The number of rotatable bonds is 3. The number of anilines is 1. The Balaban J connectivity index is 2.19. The van der Waals surface area contributed by atoms with E-state index in [9.17, 15) is 9.90 Å². The van der Waals surface area contributed by atoms with Gasteiger partial charge in [0.05, 0.1) is 19.8 Å². The molecular weight excluding hydrogens is 300 g/mol. The van der Waals surface area contributed by atoms with Gasteiger partial charge < -0.3 is 19.9 Å². The molecule has 2 N–H and O–H groups in total. The molecule has 3 rings (SSSR count). The highest BCUT2D eigenvalue weighted by atomic mass is 16.5. The molecular formula is C15H16N4O4. The maximum atomic E-state index is 12.3. The summed E-state index contributed by atoms with van der Waals surface area (Å²) in [5.74, 6) is 0.384. The topological polar surface area (TPSA) is 98.5 Å². The number of benzene rings is 1. The van der Waals surface area contributed by atoms with Crippen molar-refractivity contribution >= 4 is 11.9 Å². The third-order valence-corrected chi connectivity index (χ3v) is 3.72. The minimum Gasteiger partial charge on any atom is -0.504 e. The van der Waals surface area contributed by atoms with E-state index in [1.165, 1.54) is 26.6 Å². The van der Waals surface area contributed by atoms with Gasteiger partial charge in [0.1, 0.15) is 12.4 Å². The highest BCUT2D eigenvalue weighted by molar-refractivity contribution is 5.92. The standard InChI is InChI=1S/C15H16N4O4/c1-8-12(14(21)23-3)13(19-15(18-8)16-7-17-19)9-4-5-10(20)11(6-9)22-2/h4-7,13,20H,1-3H3,(H,16,17,18). The molecule has 2 aromatic rings. The van der Waals surface area contributed by atoms with Gasteiger partial charge in [-0.1, -0.05) is 6.07 Å². The number of fused-ring (bicyclic) bond motifs is 1. The molecule has 0 saturated heterocycles. The van der Waals surface area contributed by atoms with Crippen molar-refractivity contribution in [3.63, 3.8) is 0 Å². The van der Waals surface area contributed by atoms with Crippen molar-refractivity contribution < 1.29 is 19.4 Å². The van der Waals surface area contributed by atoms with Crippen molar-refractivity contribution in [2.45, 2.75) is 13.0 Å². The van der Waals surface area contributed by atoms with Gasteiger partial charge in [-0.05, 0) is 24.6 Å². The highest BCUT2D eigenvalue weighted by Crippen LogP contribution is 2.38. The van der Waals surface area contributed by atoms with Crippen LogP contribution in [-0.4, -0.2) is 40.1 Å². The van der Waals surface area contributed by atoms with Crippen molar-refractivity contribution in [3.05, 3.63) is 41.4 Å². The van der Waals surface area contributed by atoms with E-state index in [2.05, 4.69) is 15.4 Å². The summed E-state index contributed by atoms with van der Waals surface area (Å²) >= 11 is 0. The van der Waals surface area contributed by atoms with Crippen LogP contribution in [0, 0.1) is 0 Å². The summed E-state index contributed by atoms with van der Waals surface area (Å²) in [6.45, 7) is 1.77. The molecule has 0 radical (unpaired) electrons. The number of hydrogen-bond acceptors (Lipinski definition) is 7. The fourth-order valence-corrected chi connectivity index (χ4v) is 2.64. The molecule has 1 atom stereocenters. The van der Waals surface area contributed by atoms with Crippen molar-refractivity contribution in [1.29, 1.82) is 0 Å². The molecule has 0 bridgehead atoms. The van der Waals surface area contributed by atoms with Crippen molar-refractivity contribution in [3.8, 4) is 11.5 Å². The van der Waals surface area contributed by atoms with E-state index in [1.54, 1.807) is 23.7 Å². The number of ether oxygens (including phenoxy) is 2. The van der Waals surface area contributed by atoms with Gasteiger partial charge in [-0.2, -0.15) is 10.1 Å². The molecule has 0 amide bonds. The average Bonchev–Trinajstić information content (AvgIpc) is 3.01. The summed E-state index contributed by atoms with van der Waals surface area (Å²) in [4.78, 5) is 16.4. The number of nitrogens with zero attached hydrogens (tertiary/aromatic N) is 3. The molecule has 1 unspecified atom stereocenters. The second-order valence-corrected chi connectivity index (χ2v) is 5.02. The number of methoxy groups -OCH3 is 2. The van der Waals surface area contributed by atoms with Crippen LogP contribution in [0.25, 0.3) is 0 Å². The molecule has 8 heteroatoms. The van der Waals surface area contributed by atoms with Crippen LogP contribution < -0.4 is 10.1 Å². The Morgan fingerprint density at radius 1 is 1.39 bits per heavy atom. The van der Waals surface area contributed by atoms with E-state index in [0.29, 0.717) is 28.5 Å². The van der Waals surface area contributed by atoms with Crippen LogP contribution in [0.1, 0.15) is 18.5 Å². The third-order valence-electron chi connectivity index (χ3n) is 3.72. The Kier molecular flexibility index (Phi) is 3.65. The lowest BCUT2D eigenvalue weighted by Gasteiger charge is -2.28. The number of esters is 1. The predicted molar refractivity (Wildman–Crippen MR) is 81.2 cm³/mol. The minimum absolute atomic E-state index is 0.0179. The van der Waals surface area contributed by atoms with Crippen LogP contribution in [0.5, 0.6) is 11.5 Å². The summed E-state index contributed by atoms with van der Waals surface area (Å²) in [5, 5.41) is 17.0.